The number of hydrogen-bond acceptors (Lipinski definition) is 3. The Labute approximate surface area is 120 Å². The van der Waals surface area contributed by atoms with Gasteiger partial charge in [-0.15, -0.1) is 11.3 Å². The lowest BCUT2D eigenvalue weighted by atomic mass is 10.1. The highest BCUT2D eigenvalue weighted by Crippen LogP contribution is 2.21. The molecule has 0 fully saturated rings. The van der Waals surface area contributed by atoms with Crippen LogP contribution >= 0.6 is 27.3 Å². The molecule has 0 aliphatic carbocycles. The van der Waals surface area contributed by atoms with Crippen molar-refractivity contribution < 1.29 is 0 Å². The van der Waals surface area contributed by atoms with Crippen molar-refractivity contribution in [2.75, 3.05) is 7.05 Å². The van der Waals surface area contributed by atoms with E-state index in [9.17, 15) is 0 Å². The van der Waals surface area contributed by atoms with E-state index in [1.54, 1.807) is 11.3 Å². The van der Waals surface area contributed by atoms with Crippen LogP contribution in [0.15, 0.2) is 39.5 Å². The average molecular weight is 321 g/mol. The van der Waals surface area contributed by atoms with Gasteiger partial charge in [-0.1, -0.05) is 12.1 Å². The summed E-state index contributed by atoms with van der Waals surface area (Å²) in [5.74, 6) is 0. The van der Waals surface area contributed by atoms with E-state index >= 15 is 0 Å². The lowest BCUT2D eigenvalue weighted by Crippen LogP contribution is -2.16. The van der Waals surface area contributed by atoms with Crippen LogP contribution in [0, 0.1) is 11.3 Å². The van der Waals surface area contributed by atoms with E-state index in [1.165, 1.54) is 14.9 Å². The fraction of sp³-hybridized carbons (Fsp3) is 0.214. The van der Waals surface area contributed by atoms with Crippen molar-refractivity contribution in [1.29, 1.82) is 5.26 Å². The first-order valence-corrected chi connectivity index (χ1v) is 7.25. The van der Waals surface area contributed by atoms with E-state index < -0.39 is 0 Å². The number of hydrogen-bond donors (Lipinski definition) is 0. The fourth-order valence-electron chi connectivity index (χ4n) is 1.79. The third-order valence-electron chi connectivity index (χ3n) is 2.61. The van der Waals surface area contributed by atoms with E-state index in [1.807, 2.05) is 24.3 Å². The Balaban J connectivity index is 1.94. The molecule has 0 spiro atoms. The van der Waals surface area contributed by atoms with Gasteiger partial charge in [0.2, 0.25) is 0 Å². The van der Waals surface area contributed by atoms with Crippen LogP contribution in [0.4, 0.5) is 0 Å². The molecule has 4 heteroatoms. The fourth-order valence-corrected chi connectivity index (χ4v) is 2.99. The minimum Gasteiger partial charge on any atom is -0.298 e. The molecular formula is C14H13BrN2S. The van der Waals surface area contributed by atoms with Gasteiger partial charge >= 0.3 is 0 Å². The van der Waals surface area contributed by atoms with Crippen molar-refractivity contribution in [3.63, 3.8) is 0 Å². The topological polar surface area (TPSA) is 27.0 Å². The van der Waals surface area contributed by atoms with Crippen LogP contribution in [0.2, 0.25) is 0 Å². The summed E-state index contributed by atoms with van der Waals surface area (Å²) in [6.07, 6.45) is 0. The Kier molecular flexibility index (Phi) is 4.54. The van der Waals surface area contributed by atoms with Gasteiger partial charge in [-0.25, -0.2) is 0 Å². The predicted octanol–water partition coefficient (Wildman–Crippen LogP) is 4.01. The third kappa shape index (κ3) is 3.67. The first-order valence-electron chi connectivity index (χ1n) is 5.58. The van der Waals surface area contributed by atoms with Crippen LogP contribution in [-0.2, 0) is 13.1 Å². The SMILES string of the molecule is CN(Cc1ccc(C#N)cc1)Cc1csc(Br)c1. The largest absolute Gasteiger partial charge is 0.298 e. The molecule has 0 bridgehead atoms. The molecule has 2 aromatic rings. The Morgan fingerprint density at radius 2 is 1.89 bits per heavy atom. The summed E-state index contributed by atoms with van der Waals surface area (Å²) < 4.78 is 1.17. The zero-order chi connectivity index (χ0) is 13.0. The van der Waals surface area contributed by atoms with E-state index in [-0.39, 0.29) is 0 Å². The number of nitriles is 1. The number of nitrogens with zero attached hydrogens (tertiary/aromatic N) is 2. The van der Waals surface area contributed by atoms with Gasteiger partial charge in [0, 0.05) is 13.1 Å². The van der Waals surface area contributed by atoms with Crippen molar-refractivity contribution in [2.45, 2.75) is 13.1 Å². The van der Waals surface area contributed by atoms with Gasteiger partial charge in [-0.2, -0.15) is 5.26 Å². The highest BCUT2D eigenvalue weighted by molar-refractivity contribution is 9.11. The second-order valence-electron chi connectivity index (χ2n) is 4.24. The molecule has 0 aliphatic rings. The van der Waals surface area contributed by atoms with Gasteiger partial charge in [0.15, 0.2) is 0 Å². The van der Waals surface area contributed by atoms with Gasteiger partial charge in [-0.05, 0) is 57.7 Å². The van der Waals surface area contributed by atoms with Crippen molar-refractivity contribution in [2.24, 2.45) is 0 Å². The number of halogens is 1. The van der Waals surface area contributed by atoms with Crippen LogP contribution in [0.1, 0.15) is 16.7 Å². The van der Waals surface area contributed by atoms with E-state index in [4.69, 9.17) is 5.26 Å². The molecule has 0 amide bonds. The minimum absolute atomic E-state index is 0.711. The average Bonchev–Trinajstić information content (AvgIpc) is 2.75. The lowest BCUT2D eigenvalue weighted by Gasteiger charge is -2.15. The summed E-state index contributed by atoms with van der Waals surface area (Å²) in [5.41, 5.74) is 3.26. The maximum atomic E-state index is 8.74. The zero-order valence-electron chi connectivity index (χ0n) is 10.1. The van der Waals surface area contributed by atoms with Crippen molar-refractivity contribution >= 4 is 27.3 Å². The summed E-state index contributed by atoms with van der Waals surface area (Å²) in [5, 5.41) is 10.9. The maximum Gasteiger partial charge on any atom is 0.0991 e. The molecule has 0 N–H and O–H groups in total. The van der Waals surface area contributed by atoms with Crippen LogP contribution < -0.4 is 0 Å². The first kappa shape index (κ1) is 13.3. The molecule has 18 heavy (non-hydrogen) atoms. The van der Waals surface area contributed by atoms with Crippen LogP contribution in [0.5, 0.6) is 0 Å². The van der Waals surface area contributed by atoms with E-state index in [2.05, 4.69) is 45.4 Å². The molecule has 0 aliphatic heterocycles. The predicted molar refractivity (Wildman–Crippen MR) is 78.3 cm³/mol. The molecular weight excluding hydrogens is 308 g/mol. The summed E-state index contributed by atoms with van der Waals surface area (Å²) >= 11 is 5.19. The lowest BCUT2D eigenvalue weighted by molar-refractivity contribution is 0.319. The number of rotatable bonds is 4. The van der Waals surface area contributed by atoms with Crippen molar-refractivity contribution in [3.05, 3.63) is 56.2 Å². The Morgan fingerprint density at radius 3 is 2.44 bits per heavy atom. The molecule has 0 saturated carbocycles. The van der Waals surface area contributed by atoms with Crippen LogP contribution in [0.3, 0.4) is 0 Å². The summed E-state index contributed by atoms with van der Waals surface area (Å²) in [4.78, 5) is 2.26. The highest BCUT2D eigenvalue weighted by Gasteiger charge is 2.04. The molecule has 0 saturated heterocycles. The van der Waals surface area contributed by atoms with Crippen LogP contribution in [-0.4, -0.2) is 11.9 Å². The second kappa shape index (κ2) is 6.14. The van der Waals surface area contributed by atoms with Crippen molar-refractivity contribution in [1.82, 2.24) is 4.90 Å². The summed E-state index contributed by atoms with van der Waals surface area (Å²) in [6, 6.07) is 12.0. The molecule has 92 valence electrons. The van der Waals surface area contributed by atoms with Gasteiger partial charge in [-0.3, -0.25) is 4.90 Å². The molecule has 1 heterocycles. The normalized spacial score (nSPS) is 10.6. The maximum absolute atomic E-state index is 8.74. The highest BCUT2D eigenvalue weighted by atomic mass is 79.9. The minimum atomic E-state index is 0.711. The van der Waals surface area contributed by atoms with Gasteiger partial charge in [0.1, 0.15) is 0 Å². The molecule has 0 radical (unpaired) electrons. The standard InChI is InChI=1S/C14H13BrN2S/c1-17(9-13-6-14(15)18-10-13)8-12-4-2-11(7-16)3-5-12/h2-6,10H,8-9H2,1H3. The quantitative estimate of drug-likeness (QED) is 0.850. The molecule has 1 aromatic carbocycles. The van der Waals surface area contributed by atoms with Crippen LogP contribution in [0.25, 0.3) is 0 Å². The Morgan fingerprint density at radius 1 is 1.22 bits per heavy atom. The molecule has 1 aromatic heterocycles. The zero-order valence-corrected chi connectivity index (χ0v) is 12.5. The molecule has 2 nitrogen and oxygen atoms in total. The number of benzene rings is 1. The monoisotopic (exact) mass is 320 g/mol. The van der Waals surface area contributed by atoms with E-state index in [0.29, 0.717) is 5.56 Å². The van der Waals surface area contributed by atoms with Gasteiger partial charge < -0.3 is 0 Å². The van der Waals surface area contributed by atoms with Crippen molar-refractivity contribution in [3.8, 4) is 6.07 Å². The smallest absolute Gasteiger partial charge is 0.0991 e. The first-order chi connectivity index (χ1) is 8.67. The van der Waals surface area contributed by atoms with E-state index in [0.717, 1.165) is 13.1 Å². The Bertz CT molecular complexity index is 554. The van der Waals surface area contributed by atoms with Gasteiger partial charge in [0.05, 0.1) is 15.4 Å². The number of thiophene rings is 1. The van der Waals surface area contributed by atoms with Gasteiger partial charge in [0.25, 0.3) is 0 Å². The summed E-state index contributed by atoms with van der Waals surface area (Å²) in [6.45, 7) is 1.82. The molecule has 2 rings (SSSR count). The molecule has 0 unspecified atom stereocenters. The summed E-state index contributed by atoms with van der Waals surface area (Å²) in [7, 11) is 2.10. The second-order valence-corrected chi connectivity index (χ2v) is 6.53. The Hall–Kier alpha value is -1.15. The molecule has 0 atom stereocenters. The third-order valence-corrected chi connectivity index (χ3v) is 4.16.